The average Bonchev–Trinajstić information content (AvgIpc) is 3.18. The molecule has 27 heavy (non-hydrogen) atoms. The number of benzene rings is 2. The van der Waals surface area contributed by atoms with Crippen LogP contribution in [0.3, 0.4) is 0 Å². The highest BCUT2D eigenvalue weighted by molar-refractivity contribution is 7.98. The Labute approximate surface area is 160 Å². The van der Waals surface area contributed by atoms with Crippen LogP contribution in [-0.4, -0.2) is 19.7 Å². The Morgan fingerprint density at radius 3 is 2.59 bits per heavy atom. The van der Waals surface area contributed by atoms with Crippen LogP contribution in [0.1, 0.15) is 24.2 Å². The fourth-order valence-electron chi connectivity index (χ4n) is 2.78. The lowest BCUT2D eigenvalue weighted by atomic mass is 10.2. The zero-order valence-electron chi connectivity index (χ0n) is 14.8. The molecule has 4 aromatic rings. The Balaban J connectivity index is 1.72. The molecule has 0 N–H and O–H groups in total. The molecule has 2 heterocycles. The molecule has 136 valence electrons. The molecule has 0 spiro atoms. The summed E-state index contributed by atoms with van der Waals surface area (Å²) in [5.41, 5.74) is 1.69. The van der Waals surface area contributed by atoms with Crippen molar-refractivity contribution >= 4 is 22.7 Å². The summed E-state index contributed by atoms with van der Waals surface area (Å²) in [5, 5.41) is 5.17. The first-order chi connectivity index (χ1) is 13.2. The van der Waals surface area contributed by atoms with Crippen LogP contribution in [0.25, 0.3) is 10.9 Å². The standard InChI is InChI=1S/C20H18N4O2S/c1-2-17-22-18(26-23-17)13-27-20-21-16-11-7-6-10-15(16)19(25)24(20)12-14-8-4-3-5-9-14/h3-11H,2,12-13H2,1H3. The summed E-state index contributed by atoms with van der Waals surface area (Å²) < 4.78 is 6.96. The molecule has 0 aliphatic rings. The van der Waals surface area contributed by atoms with E-state index in [0.29, 0.717) is 40.1 Å². The number of rotatable bonds is 6. The first-order valence-corrected chi connectivity index (χ1v) is 9.71. The molecule has 0 bridgehead atoms. The van der Waals surface area contributed by atoms with Gasteiger partial charge < -0.3 is 4.52 Å². The second-order valence-corrected chi connectivity index (χ2v) is 6.98. The highest BCUT2D eigenvalue weighted by atomic mass is 32.2. The molecule has 6 nitrogen and oxygen atoms in total. The van der Waals surface area contributed by atoms with Gasteiger partial charge in [0, 0.05) is 6.42 Å². The number of fused-ring (bicyclic) bond motifs is 1. The van der Waals surface area contributed by atoms with E-state index in [9.17, 15) is 4.79 Å². The summed E-state index contributed by atoms with van der Waals surface area (Å²) in [7, 11) is 0. The number of thioether (sulfide) groups is 1. The maximum atomic E-state index is 13.1. The summed E-state index contributed by atoms with van der Waals surface area (Å²) >= 11 is 1.43. The molecule has 0 saturated heterocycles. The van der Waals surface area contributed by atoms with Crippen LogP contribution in [0.5, 0.6) is 0 Å². The van der Waals surface area contributed by atoms with E-state index in [4.69, 9.17) is 9.51 Å². The van der Waals surface area contributed by atoms with Crippen LogP contribution in [0, 0.1) is 0 Å². The Bertz CT molecular complexity index is 1120. The van der Waals surface area contributed by atoms with Crippen molar-refractivity contribution in [3.63, 3.8) is 0 Å². The van der Waals surface area contributed by atoms with Crippen molar-refractivity contribution in [1.82, 2.24) is 19.7 Å². The molecule has 0 aliphatic heterocycles. The highest BCUT2D eigenvalue weighted by Gasteiger charge is 2.14. The van der Waals surface area contributed by atoms with E-state index in [1.54, 1.807) is 4.57 Å². The Kier molecular flexibility index (Phi) is 5.02. The predicted octanol–water partition coefficient (Wildman–Crippen LogP) is 3.68. The normalized spacial score (nSPS) is 11.1. The van der Waals surface area contributed by atoms with E-state index < -0.39 is 0 Å². The van der Waals surface area contributed by atoms with E-state index in [2.05, 4.69) is 10.1 Å². The van der Waals surface area contributed by atoms with Gasteiger partial charge >= 0.3 is 0 Å². The lowest BCUT2D eigenvalue weighted by Crippen LogP contribution is -2.24. The van der Waals surface area contributed by atoms with Crippen molar-refractivity contribution in [1.29, 1.82) is 0 Å². The van der Waals surface area contributed by atoms with Crippen LogP contribution in [0.2, 0.25) is 0 Å². The minimum Gasteiger partial charge on any atom is -0.338 e. The fraction of sp³-hybridized carbons (Fsp3) is 0.200. The third kappa shape index (κ3) is 3.78. The lowest BCUT2D eigenvalue weighted by Gasteiger charge is -2.12. The summed E-state index contributed by atoms with van der Waals surface area (Å²) in [6, 6.07) is 17.3. The largest absolute Gasteiger partial charge is 0.338 e. The molecule has 0 atom stereocenters. The van der Waals surface area contributed by atoms with Crippen molar-refractivity contribution in [3.05, 3.63) is 82.2 Å². The Hall–Kier alpha value is -2.93. The summed E-state index contributed by atoms with van der Waals surface area (Å²) in [4.78, 5) is 22.1. The van der Waals surface area contributed by atoms with Crippen LogP contribution >= 0.6 is 11.8 Å². The topological polar surface area (TPSA) is 73.8 Å². The van der Waals surface area contributed by atoms with Gasteiger partial charge in [0.15, 0.2) is 11.0 Å². The average molecular weight is 378 g/mol. The van der Waals surface area contributed by atoms with Gasteiger partial charge in [-0.15, -0.1) is 0 Å². The number of hydrogen-bond acceptors (Lipinski definition) is 6. The maximum Gasteiger partial charge on any atom is 0.262 e. The smallest absolute Gasteiger partial charge is 0.262 e. The van der Waals surface area contributed by atoms with E-state index in [-0.39, 0.29) is 5.56 Å². The number of aromatic nitrogens is 4. The SMILES string of the molecule is CCc1noc(CSc2nc3ccccc3c(=O)n2Cc2ccccc2)n1. The summed E-state index contributed by atoms with van der Waals surface area (Å²) in [5.74, 6) is 1.68. The van der Waals surface area contributed by atoms with E-state index in [1.807, 2.05) is 61.5 Å². The lowest BCUT2D eigenvalue weighted by molar-refractivity contribution is 0.385. The molecule has 0 fully saturated rings. The van der Waals surface area contributed by atoms with Gasteiger partial charge in [-0.3, -0.25) is 9.36 Å². The van der Waals surface area contributed by atoms with Gasteiger partial charge in [-0.05, 0) is 17.7 Å². The third-order valence-electron chi connectivity index (χ3n) is 4.16. The number of nitrogens with zero attached hydrogens (tertiary/aromatic N) is 4. The van der Waals surface area contributed by atoms with E-state index in [0.717, 1.165) is 12.0 Å². The minimum atomic E-state index is -0.0493. The highest BCUT2D eigenvalue weighted by Crippen LogP contribution is 2.22. The Morgan fingerprint density at radius 2 is 1.81 bits per heavy atom. The van der Waals surface area contributed by atoms with Crippen LogP contribution in [0.4, 0.5) is 0 Å². The van der Waals surface area contributed by atoms with Gasteiger partial charge in [-0.25, -0.2) is 4.98 Å². The van der Waals surface area contributed by atoms with Gasteiger partial charge in [0.1, 0.15) is 0 Å². The van der Waals surface area contributed by atoms with Crippen molar-refractivity contribution in [2.45, 2.75) is 30.8 Å². The van der Waals surface area contributed by atoms with Crippen molar-refractivity contribution < 1.29 is 4.52 Å². The van der Waals surface area contributed by atoms with Gasteiger partial charge in [0.2, 0.25) is 5.89 Å². The zero-order valence-corrected chi connectivity index (χ0v) is 15.6. The van der Waals surface area contributed by atoms with Crippen molar-refractivity contribution in [3.8, 4) is 0 Å². The third-order valence-corrected chi connectivity index (χ3v) is 5.12. The number of para-hydroxylation sites is 1. The minimum absolute atomic E-state index is 0.0493. The molecular weight excluding hydrogens is 360 g/mol. The molecule has 0 radical (unpaired) electrons. The predicted molar refractivity (Wildman–Crippen MR) is 105 cm³/mol. The van der Waals surface area contributed by atoms with Crippen LogP contribution in [-0.2, 0) is 18.7 Å². The molecular formula is C20H18N4O2S. The van der Waals surface area contributed by atoms with E-state index >= 15 is 0 Å². The molecule has 0 unspecified atom stereocenters. The second kappa shape index (κ2) is 7.75. The van der Waals surface area contributed by atoms with E-state index in [1.165, 1.54) is 11.8 Å². The van der Waals surface area contributed by atoms with Crippen molar-refractivity contribution in [2.24, 2.45) is 0 Å². The molecule has 7 heteroatoms. The molecule has 2 aromatic carbocycles. The van der Waals surface area contributed by atoms with Crippen LogP contribution in [0.15, 0.2) is 69.1 Å². The van der Waals surface area contributed by atoms with Gasteiger partial charge in [0.05, 0.1) is 23.2 Å². The quantitative estimate of drug-likeness (QED) is 0.376. The van der Waals surface area contributed by atoms with Crippen LogP contribution < -0.4 is 5.56 Å². The molecule has 0 amide bonds. The zero-order chi connectivity index (χ0) is 18.6. The van der Waals surface area contributed by atoms with Gasteiger partial charge in [-0.2, -0.15) is 4.98 Å². The maximum absolute atomic E-state index is 13.1. The Morgan fingerprint density at radius 1 is 1.04 bits per heavy atom. The van der Waals surface area contributed by atoms with Crippen molar-refractivity contribution in [2.75, 3.05) is 0 Å². The number of hydrogen-bond donors (Lipinski definition) is 0. The molecule has 2 aromatic heterocycles. The fourth-order valence-corrected chi connectivity index (χ4v) is 3.62. The molecule has 4 rings (SSSR count). The second-order valence-electron chi connectivity index (χ2n) is 6.03. The summed E-state index contributed by atoms with van der Waals surface area (Å²) in [6.07, 6.45) is 0.723. The monoisotopic (exact) mass is 378 g/mol. The molecule has 0 aliphatic carbocycles. The summed E-state index contributed by atoms with van der Waals surface area (Å²) in [6.45, 7) is 2.44. The number of aryl methyl sites for hydroxylation is 1. The first kappa shape index (κ1) is 17.5. The van der Waals surface area contributed by atoms with Gasteiger partial charge in [0.25, 0.3) is 5.56 Å². The molecule has 0 saturated carbocycles. The first-order valence-electron chi connectivity index (χ1n) is 8.72. The van der Waals surface area contributed by atoms with Gasteiger partial charge in [-0.1, -0.05) is 66.3 Å².